The predicted octanol–water partition coefficient (Wildman–Crippen LogP) is 10.6. The van der Waals surface area contributed by atoms with E-state index in [0.29, 0.717) is 11.5 Å². The van der Waals surface area contributed by atoms with Crippen LogP contribution in [0.15, 0.2) is 164 Å². The zero-order chi connectivity index (χ0) is 31.6. The lowest BCUT2D eigenvalue weighted by Crippen LogP contribution is -1.98. The van der Waals surface area contributed by atoms with E-state index in [9.17, 15) is 0 Å². The summed E-state index contributed by atoms with van der Waals surface area (Å²) >= 11 is 0. The van der Waals surface area contributed by atoms with Crippen molar-refractivity contribution in [3.05, 3.63) is 164 Å². The highest BCUT2D eigenvalue weighted by molar-refractivity contribution is 6.10. The second kappa shape index (κ2) is 10.5. The lowest BCUT2D eigenvalue weighted by atomic mass is 10.1. The Balaban J connectivity index is 1.07. The minimum atomic E-state index is 0.649. The van der Waals surface area contributed by atoms with Gasteiger partial charge < -0.3 is 9.13 Å². The van der Waals surface area contributed by atoms with E-state index in [1.165, 1.54) is 43.6 Å². The average Bonchev–Trinajstić information content (AvgIpc) is 3.68. The highest BCUT2D eigenvalue weighted by Crippen LogP contribution is 2.35. The van der Waals surface area contributed by atoms with Crippen molar-refractivity contribution in [2.45, 2.75) is 0 Å². The molecule has 0 aliphatic heterocycles. The van der Waals surface area contributed by atoms with Gasteiger partial charge in [0, 0.05) is 55.6 Å². The maximum Gasteiger partial charge on any atom is 0.163 e. The summed E-state index contributed by atoms with van der Waals surface area (Å²) < 4.78 is 4.65. The summed E-state index contributed by atoms with van der Waals surface area (Å²) in [5.41, 5.74) is 10.4. The molecule has 0 aliphatic rings. The molecule has 0 bridgehead atoms. The molecular weight excluding hydrogens is 587 g/mol. The summed E-state index contributed by atoms with van der Waals surface area (Å²) in [5.74, 6) is 0.649. The van der Waals surface area contributed by atoms with Crippen molar-refractivity contribution in [1.82, 2.24) is 24.1 Å². The van der Waals surface area contributed by atoms with Gasteiger partial charge in [-0.1, -0.05) is 84.9 Å². The number of rotatable bonds is 4. The quantitative estimate of drug-likeness (QED) is 0.198. The van der Waals surface area contributed by atoms with Gasteiger partial charge in [-0.15, -0.1) is 0 Å². The van der Waals surface area contributed by atoms with Crippen LogP contribution in [0, 0.1) is 0 Å². The monoisotopic (exact) mass is 613 g/mol. The molecule has 6 aromatic carbocycles. The fourth-order valence-electron chi connectivity index (χ4n) is 7.24. The van der Waals surface area contributed by atoms with E-state index in [-0.39, 0.29) is 0 Å². The molecule has 10 aromatic rings. The first-order valence-corrected chi connectivity index (χ1v) is 16.1. The lowest BCUT2D eigenvalue weighted by Gasteiger charge is -2.12. The van der Waals surface area contributed by atoms with Gasteiger partial charge in [-0.3, -0.25) is 0 Å². The Kier molecular flexibility index (Phi) is 5.81. The van der Waals surface area contributed by atoms with E-state index < -0.39 is 0 Å². The molecule has 0 aliphatic carbocycles. The van der Waals surface area contributed by atoms with E-state index in [1.54, 1.807) is 6.20 Å². The molecule has 5 heteroatoms. The number of pyridine rings is 1. The average molecular weight is 614 g/mol. The second-order valence-corrected chi connectivity index (χ2v) is 12.1. The van der Waals surface area contributed by atoms with Crippen LogP contribution in [0.25, 0.3) is 88.7 Å². The number of hydrogen-bond acceptors (Lipinski definition) is 3. The maximum absolute atomic E-state index is 5.16. The fraction of sp³-hybridized carbons (Fsp3) is 0. The van der Waals surface area contributed by atoms with Gasteiger partial charge >= 0.3 is 0 Å². The third-order valence-electron chi connectivity index (χ3n) is 9.41. The van der Waals surface area contributed by atoms with Crippen LogP contribution in [0.4, 0.5) is 0 Å². The summed E-state index contributed by atoms with van der Waals surface area (Å²) in [6, 6.07) is 55.5. The van der Waals surface area contributed by atoms with Crippen LogP contribution in [0.2, 0.25) is 0 Å². The van der Waals surface area contributed by atoms with Crippen LogP contribution in [-0.2, 0) is 0 Å². The summed E-state index contributed by atoms with van der Waals surface area (Å²) in [5, 5.41) is 5.91. The Morgan fingerprint density at radius 3 is 1.25 bits per heavy atom. The highest BCUT2D eigenvalue weighted by Gasteiger charge is 2.16. The van der Waals surface area contributed by atoms with E-state index >= 15 is 0 Å². The largest absolute Gasteiger partial charge is 0.309 e. The molecule has 0 fully saturated rings. The molecular formula is C43H27N5. The zero-order valence-electron chi connectivity index (χ0n) is 25.8. The second-order valence-electron chi connectivity index (χ2n) is 12.1. The molecule has 0 amide bonds. The van der Waals surface area contributed by atoms with Gasteiger partial charge in [0.05, 0.1) is 27.8 Å². The molecule has 0 saturated carbocycles. The molecule has 0 atom stereocenters. The number of aromatic nitrogens is 5. The van der Waals surface area contributed by atoms with Gasteiger partial charge in [0.1, 0.15) is 0 Å². The molecule has 4 heterocycles. The van der Waals surface area contributed by atoms with Crippen molar-refractivity contribution in [2.24, 2.45) is 0 Å². The van der Waals surface area contributed by atoms with Crippen molar-refractivity contribution in [3.63, 3.8) is 0 Å². The molecule has 5 nitrogen and oxygen atoms in total. The fourth-order valence-corrected chi connectivity index (χ4v) is 7.24. The lowest BCUT2D eigenvalue weighted by molar-refractivity contribution is 1.16. The van der Waals surface area contributed by atoms with Crippen molar-refractivity contribution in [1.29, 1.82) is 0 Å². The Bertz CT molecular complexity index is 2720. The summed E-state index contributed by atoms with van der Waals surface area (Å²) in [4.78, 5) is 14.7. The highest BCUT2D eigenvalue weighted by atomic mass is 15.0. The van der Waals surface area contributed by atoms with Crippen molar-refractivity contribution in [2.75, 3.05) is 0 Å². The maximum atomic E-state index is 5.16. The van der Waals surface area contributed by atoms with Gasteiger partial charge in [-0.2, -0.15) is 0 Å². The molecule has 224 valence electrons. The molecule has 0 radical (unpaired) electrons. The van der Waals surface area contributed by atoms with Gasteiger partial charge in [-0.25, -0.2) is 15.0 Å². The molecule has 0 saturated heterocycles. The normalized spacial score (nSPS) is 11.8. The third-order valence-corrected chi connectivity index (χ3v) is 9.41. The molecule has 0 N–H and O–H groups in total. The van der Waals surface area contributed by atoms with Gasteiger partial charge in [0.25, 0.3) is 0 Å². The summed E-state index contributed by atoms with van der Waals surface area (Å²) in [7, 11) is 0. The number of nitrogens with zero attached hydrogens (tertiary/aromatic N) is 5. The van der Waals surface area contributed by atoms with Crippen LogP contribution in [-0.4, -0.2) is 24.1 Å². The zero-order valence-corrected chi connectivity index (χ0v) is 25.8. The smallest absolute Gasteiger partial charge is 0.163 e. The minimum absolute atomic E-state index is 0.649. The Morgan fingerprint density at radius 2 is 0.771 bits per heavy atom. The molecule has 4 aromatic heterocycles. The first-order chi connectivity index (χ1) is 23.8. The molecule has 48 heavy (non-hydrogen) atoms. The van der Waals surface area contributed by atoms with E-state index in [0.717, 1.165) is 33.6 Å². The van der Waals surface area contributed by atoms with Crippen LogP contribution >= 0.6 is 0 Å². The third kappa shape index (κ3) is 4.01. The first-order valence-electron chi connectivity index (χ1n) is 16.1. The van der Waals surface area contributed by atoms with Gasteiger partial charge in [0.2, 0.25) is 0 Å². The van der Waals surface area contributed by atoms with Crippen molar-refractivity contribution < 1.29 is 0 Å². The van der Waals surface area contributed by atoms with Crippen LogP contribution in [0.3, 0.4) is 0 Å². The first kappa shape index (κ1) is 26.6. The SMILES string of the molecule is c1cnc2nc(-c3ccc(-n4c5ccccc5c5ccccc54)cc3)nc(-c3ccc(-n4c5ccccc5c5ccccc54)cc3)c2c1. The van der Waals surface area contributed by atoms with Crippen LogP contribution in [0.1, 0.15) is 0 Å². The Labute approximate surface area is 276 Å². The summed E-state index contributed by atoms with van der Waals surface area (Å²) in [6.07, 6.45) is 1.79. The number of benzene rings is 6. The van der Waals surface area contributed by atoms with Gasteiger partial charge in [-0.05, 0) is 72.8 Å². The van der Waals surface area contributed by atoms with Crippen LogP contribution in [0.5, 0.6) is 0 Å². The van der Waals surface area contributed by atoms with Crippen molar-refractivity contribution >= 4 is 54.6 Å². The van der Waals surface area contributed by atoms with Crippen molar-refractivity contribution in [3.8, 4) is 34.0 Å². The number of fused-ring (bicyclic) bond motifs is 7. The topological polar surface area (TPSA) is 48.5 Å². The standard InChI is InChI=1S/C43H27N5/c1-5-15-37-32(10-1)33-11-2-6-16-38(33)47(37)30-23-19-28(20-24-30)41-36-14-9-27-44-43(36)46-42(45-41)29-21-25-31(26-22-29)48-39-17-7-3-12-34(39)35-13-4-8-18-40(35)48/h1-27H. The molecule has 10 rings (SSSR count). The number of hydrogen-bond donors (Lipinski definition) is 0. The Hall–Kier alpha value is -6.59. The molecule has 0 spiro atoms. The van der Waals surface area contributed by atoms with E-state index in [4.69, 9.17) is 9.97 Å². The predicted molar refractivity (Wildman–Crippen MR) is 197 cm³/mol. The summed E-state index contributed by atoms with van der Waals surface area (Å²) in [6.45, 7) is 0. The molecule has 0 unspecified atom stereocenters. The van der Waals surface area contributed by atoms with E-state index in [1.807, 2.05) is 12.1 Å². The van der Waals surface area contributed by atoms with Gasteiger partial charge in [0.15, 0.2) is 11.5 Å². The van der Waals surface area contributed by atoms with E-state index in [2.05, 4.69) is 160 Å². The van der Waals surface area contributed by atoms with Crippen LogP contribution < -0.4 is 0 Å². The Morgan fingerprint density at radius 1 is 0.354 bits per heavy atom. The minimum Gasteiger partial charge on any atom is -0.309 e. The number of para-hydroxylation sites is 4.